The van der Waals surface area contributed by atoms with Gasteiger partial charge < -0.3 is 9.64 Å². The van der Waals surface area contributed by atoms with Crippen LogP contribution in [-0.4, -0.2) is 37.7 Å². The maximum Gasteiger partial charge on any atom is 0.107 e. The predicted molar refractivity (Wildman–Crippen MR) is 45.3 cm³/mol. The lowest BCUT2D eigenvalue weighted by Crippen LogP contribution is -2.24. The number of ether oxygens (including phenoxy) is 1. The molecule has 0 aliphatic carbocycles. The van der Waals surface area contributed by atoms with Crippen molar-refractivity contribution in [3.05, 3.63) is 0 Å². The molecule has 0 atom stereocenters. The summed E-state index contributed by atoms with van der Waals surface area (Å²) in [4.78, 5) is 2.41. The van der Waals surface area contributed by atoms with E-state index in [1.54, 1.807) is 0 Å². The zero-order chi connectivity index (χ0) is 7.94. The van der Waals surface area contributed by atoms with Crippen molar-refractivity contribution >= 4 is 0 Å². The van der Waals surface area contributed by atoms with Crippen LogP contribution in [0.25, 0.3) is 0 Å². The highest BCUT2D eigenvalue weighted by atomic mass is 16.5. The summed E-state index contributed by atoms with van der Waals surface area (Å²) in [5.74, 6) is 2.45. The molecule has 0 bridgehead atoms. The van der Waals surface area contributed by atoms with E-state index < -0.39 is 0 Å². The minimum Gasteiger partial charge on any atom is -0.367 e. The Morgan fingerprint density at radius 2 is 2.09 bits per heavy atom. The molecule has 0 N–H and O–H groups in total. The van der Waals surface area contributed by atoms with Crippen LogP contribution in [0.1, 0.15) is 12.8 Å². The normalized spacial score (nSPS) is 18.5. The number of likely N-dealkylation sites (tertiary alicyclic amines) is 1. The zero-order valence-corrected chi connectivity index (χ0v) is 6.88. The molecular formula is C9H15NO. The Morgan fingerprint density at radius 3 is 2.73 bits per heavy atom. The second kappa shape index (κ2) is 5.17. The van der Waals surface area contributed by atoms with E-state index in [2.05, 4.69) is 10.8 Å². The summed E-state index contributed by atoms with van der Waals surface area (Å²) in [6.07, 6.45) is 7.72. The summed E-state index contributed by atoms with van der Waals surface area (Å²) < 4.78 is 5.17. The molecule has 0 radical (unpaired) electrons. The first kappa shape index (κ1) is 8.58. The molecule has 2 heteroatoms. The van der Waals surface area contributed by atoms with Crippen molar-refractivity contribution < 1.29 is 4.74 Å². The first-order valence-electron chi connectivity index (χ1n) is 4.17. The largest absolute Gasteiger partial charge is 0.367 e. The van der Waals surface area contributed by atoms with Crippen LogP contribution in [0.5, 0.6) is 0 Å². The average Bonchev–Trinajstić information content (AvgIpc) is 2.50. The van der Waals surface area contributed by atoms with E-state index in [0.29, 0.717) is 6.61 Å². The fourth-order valence-corrected chi connectivity index (χ4v) is 1.33. The highest BCUT2D eigenvalue weighted by Crippen LogP contribution is 2.05. The Balaban J connectivity index is 1.90. The van der Waals surface area contributed by atoms with E-state index in [1.807, 2.05) is 0 Å². The van der Waals surface area contributed by atoms with Gasteiger partial charge in [0, 0.05) is 6.54 Å². The van der Waals surface area contributed by atoms with Crippen molar-refractivity contribution in [3.63, 3.8) is 0 Å². The lowest BCUT2D eigenvalue weighted by Gasteiger charge is -2.13. The Kier molecular flexibility index (Phi) is 4.03. The van der Waals surface area contributed by atoms with Gasteiger partial charge in [0.1, 0.15) is 6.61 Å². The van der Waals surface area contributed by atoms with Crippen LogP contribution in [0.4, 0.5) is 0 Å². The Bertz CT molecular complexity index is 133. The standard InChI is InChI=1S/C9H15NO/c1-2-8-11-9-7-10-5-3-4-6-10/h1H,3-9H2. The lowest BCUT2D eigenvalue weighted by atomic mass is 10.4. The molecule has 62 valence electrons. The van der Waals surface area contributed by atoms with Gasteiger partial charge >= 0.3 is 0 Å². The van der Waals surface area contributed by atoms with Crippen LogP contribution in [0, 0.1) is 12.3 Å². The summed E-state index contributed by atoms with van der Waals surface area (Å²) in [5.41, 5.74) is 0. The highest BCUT2D eigenvalue weighted by Gasteiger charge is 2.09. The minimum absolute atomic E-state index is 0.452. The van der Waals surface area contributed by atoms with E-state index in [0.717, 1.165) is 13.2 Å². The first-order valence-corrected chi connectivity index (χ1v) is 4.17. The third kappa shape index (κ3) is 3.41. The van der Waals surface area contributed by atoms with Crippen molar-refractivity contribution in [3.8, 4) is 12.3 Å². The van der Waals surface area contributed by atoms with E-state index >= 15 is 0 Å². The first-order chi connectivity index (χ1) is 5.43. The average molecular weight is 153 g/mol. The Labute approximate surface area is 68.5 Å². The van der Waals surface area contributed by atoms with E-state index in [9.17, 15) is 0 Å². The SMILES string of the molecule is C#CCOCCN1CCCC1. The summed E-state index contributed by atoms with van der Waals surface area (Å²) in [7, 11) is 0. The van der Waals surface area contributed by atoms with Crippen LogP contribution in [-0.2, 0) is 4.74 Å². The Hall–Kier alpha value is -0.520. The summed E-state index contributed by atoms with van der Waals surface area (Å²) in [5, 5.41) is 0. The summed E-state index contributed by atoms with van der Waals surface area (Å²) in [6, 6.07) is 0. The molecule has 1 aliphatic heterocycles. The van der Waals surface area contributed by atoms with Crippen LogP contribution in [0.15, 0.2) is 0 Å². The number of hydrogen-bond acceptors (Lipinski definition) is 2. The molecule has 0 spiro atoms. The Morgan fingerprint density at radius 1 is 1.36 bits per heavy atom. The highest BCUT2D eigenvalue weighted by molar-refractivity contribution is 4.82. The van der Waals surface area contributed by atoms with Gasteiger partial charge in [0.2, 0.25) is 0 Å². The third-order valence-electron chi connectivity index (χ3n) is 1.94. The van der Waals surface area contributed by atoms with Gasteiger partial charge in [-0.1, -0.05) is 5.92 Å². The zero-order valence-electron chi connectivity index (χ0n) is 6.88. The molecule has 11 heavy (non-hydrogen) atoms. The van der Waals surface area contributed by atoms with Crippen LogP contribution < -0.4 is 0 Å². The molecular weight excluding hydrogens is 138 g/mol. The van der Waals surface area contributed by atoms with Crippen molar-refractivity contribution in [1.29, 1.82) is 0 Å². The molecule has 0 unspecified atom stereocenters. The maximum atomic E-state index is 5.17. The molecule has 1 aliphatic rings. The molecule has 1 saturated heterocycles. The fraction of sp³-hybridized carbons (Fsp3) is 0.778. The van der Waals surface area contributed by atoms with Crippen molar-refractivity contribution in [1.82, 2.24) is 4.90 Å². The molecule has 0 aromatic carbocycles. The second-order valence-corrected chi connectivity index (χ2v) is 2.81. The maximum absolute atomic E-state index is 5.17. The lowest BCUT2D eigenvalue weighted by molar-refractivity contribution is 0.137. The molecule has 2 nitrogen and oxygen atoms in total. The number of hydrogen-bond donors (Lipinski definition) is 0. The topological polar surface area (TPSA) is 12.5 Å². The van der Waals surface area contributed by atoms with Gasteiger partial charge in [0.15, 0.2) is 0 Å². The van der Waals surface area contributed by atoms with Crippen molar-refractivity contribution in [2.45, 2.75) is 12.8 Å². The van der Waals surface area contributed by atoms with E-state index in [4.69, 9.17) is 11.2 Å². The van der Waals surface area contributed by atoms with Gasteiger partial charge in [-0.15, -0.1) is 6.42 Å². The smallest absolute Gasteiger partial charge is 0.107 e. The van der Waals surface area contributed by atoms with Gasteiger partial charge in [0.05, 0.1) is 6.61 Å². The number of nitrogens with zero attached hydrogens (tertiary/aromatic N) is 1. The van der Waals surface area contributed by atoms with E-state index in [-0.39, 0.29) is 0 Å². The van der Waals surface area contributed by atoms with E-state index in [1.165, 1.54) is 25.9 Å². The summed E-state index contributed by atoms with van der Waals surface area (Å²) in [6.45, 7) is 4.75. The fourth-order valence-electron chi connectivity index (χ4n) is 1.33. The molecule has 1 heterocycles. The van der Waals surface area contributed by atoms with Crippen LogP contribution in [0.3, 0.4) is 0 Å². The van der Waals surface area contributed by atoms with Gasteiger partial charge in [-0.2, -0.15) is 0 Å². The van der Waals surface area contributed by atoms with Crippen molar-refractivity contribution in [2.75, 3.05) is 32.8 Å². The third-order valence-corrected chi connectivity index (χ3v) is 1.94. The quantitative estimate of drug-likeness (QED) is 0.436. The summed E-state index contributed by atoms with van der Waals surface area (Å²) >= 11 is 0. The predicted octanol–water partition coefficient (Wildman–Crippen LogP) is 0.732. The van der Waals surface area contributed by atoms with Crippen molar-refractivity contribution in [2.24, 2.45) is 0 Å². The minimum atomic E-state index is 0.452. The van der Waals surface area contributed by atoms with Crippen LogP contribution in [0.2, 0.25) is 0 Å². The second-order valence-electron chi connectivity index (χ2n) is 2.81. The van der Waals surface area contributed by atoms with Gasteiger partial charge in [-0.3, -0.25) is 0 Å². The molecule has 1 rings (SSSR count). The van der Waals surface area contributed by atoms with Gasteiger partial charge in [-0.05, 0) is 25.9 Å². The van der Waals surface area contributed by atoms with Gasteiger partial charge in [0.25, 0.3) is 0 Å². The molecule has 0 aromatic rings. The number of terminal acetylenes is 1. The molecule has 0 saturated carbocycles. The monoisotopic (exact) mass is 153 g/mol. The molecule has 0 aromatic heterocycles. The molecule has 0 amide bonds. The number of rotatable bonds is 4. The molecule has 1 fully saturated rings. The van der Waals surface area contributed by atoms with Gasteiger partial charge in [-0.25, -0.2) is 0 Å². The van der Waals surface area contributed by atoms with Crippen LogP contribution >= 0.6 is 0 Å².